The molecule has 3 heteroatoms. The van der Waals surface area contributed by atoms with Crippen molar-refractivity contribution in [3.8, 4) is 5.75 Å². The van der Waals surface area contributed by atoms with Crippen LogP contribution in [-0.2, 0) is 0 Å². The van der Waals surface area contributed by atoms with Crippen molar-refractivity contribution in [3.63, 3.8) is 0 Å². The summed E-state index contributed by atoms with van der Waals surface area (Å²) in [6.07, 6.45) is 0. The first-order valence-corrected chi connectivity index (χ1v) is 5.27. The fourth-order valence-corrected chi connectivity index (χ4v) is 2.00. The van der Waals surface area contributed by atoms with Gasteiger partial charge in [0.2, 0.25) is 0 Å². The lowest BCUT2D eigenvalue weighted by molar-refractivity contribution is 0.405. The summed E-state index contributed by atoms with van der Waals surface area (Å²) >= 11 is 1.81. The van der Waals surface area contributed by atoms with Crippen LogP contribution < -0.4 is 10.1 Å². The summed E-state index contributed by atoms with van der Waals surface area (Å²) in [4.78, 5) is 1.21. The van der Waals surface area contributed by atoms with E-state index in [1.54, 1.807) is 7.11 Å². The molecule has 0 aliphatic carbocycles. The molecule has 0 unspecified atom stereocenters. The minimum Gasteiger partial charge on any atom is -0.496 e. The molecule has 0 saturated heterocycles. The van der Waals surface area contributed by atoms with Gasteiger partial charge in [0, 0.05) is 17.2 Å². The third-order valence-corrected chi connectivity index (χ3v) is 2.74. The molecule has 0 radical (unpaired) electrons. The molecule has 1 rings (SSSR count). The van der Waals surface area contributed by atoms with Crippen molar-refractivity contribution in [2.45, 2.75) is 4.90 Å². The smallest absolute Gasteiger partial charge is 0.132 e. The van der Waals surface area contributed by atoms with Gasteiger partial charge in [-0.1, -0.05) is 12.1 Å². The van der Waals surface area contributed by atoms with Crippen LogP contribution in [0.15, 0.2) is 29.2 Å². The quantitative estimate of drug-likeness (QED) is 0.576. The monoisotopic (exact) mass is 197 g/mol. The van der Waals surface area contributed by atoms with E-state index in [1.807, 2.05) is 37.0 Å². The second kappa shape index (κ2) is 5.89. The van der Waals surface area contributed by atoms with Gasteiger partial charge in [0.15, 0.2) is 0 Å². The highest BCUT2D eigenvalue weighted by Gasteiger charge is 2.00. The highest BCUT2D eigenvalue weighted by Crippen LogP contribution is 2.27. The topological polar surface area (TPSA) is 21.3 Å². The maximum absolute atomic E-state index is 5.23. The number of para-hydroxylation sites is 1. The van der Waals surface area contributed by atoms with Crippen LogP contribution in [0.2, 0.25) is 0 Å². The zero-order valence-corrected chi connectivity index (χ0v) is 8.86. The summed E-state index contributed by atoms with van der Waals surface area (Å²) < 4.78 is 5.23. The number of ether oxygens (including phenoxy) is 1. The van der Waals surface area contributed by atoms with Crippen LogP contribution in [0.1, 0.15) is 0 Å². The number of hydrogen-bond donors (Lipinski definition) is 1. The van der Waals surface area contributed by atoms with Gasteiger partial charge >= 0.3 is 0 Å². The molecular weight excluding hydrogens is 182 g/mol. The zero-order valence-electron chi connectivity index (χ0n) is 8.04. The van der Waals surface area contributed by atoms with Gasteiger partial charge in [0.25, 0.3) is 0 Å². The summed E-state index contributed by atoms with van der Waals surface area (Å²) in [5.41, 5.74) is 0. The standard InChI is InChI=1S/C10H15NOS/c1-11-7-8-13-10-6-4-3-5-9(10)12-2/h3-6,11H,7-8H2,1-2H3. The fourth-order valence-electron chi connectivity index (χ4n) is 1.00. The number of hydrogen-bond acceptors (Lipinski definition) is 3. The molecule has 1 aromatic carbocycles. The molecule has 1 aromatic rings. The van der Waals surface area contributed by atoms with Crippen molar-refractivity contribution in [1.29, 1.82) is 0 Å². The molecule has 13 heavy (non-hydrogen) atoms. The SMILES string of the molecule is CNCCSc1ccccc1OC. The molecule has 0 heterocycles. The first-order valence-electron chi connectivity index (χ1n) is 4.29. The van der Waals surface area contributed by atoms with E-state index in [9.17, 15) is 0 Å². The average molecular weight is 197 g/mol. The maximum Gasteiger partial charge on any atom is 0.132 e. The maximum atomic E-state index is 5.23. The molecule has 0 bridgehead atoms. The van der Waals surface area contributed by atoms with Gasteiger partial charge in [0.1, 0.15) is 5.75 Å². The molecular formula is C10H15NOS. The summed E-state index contributed by atoms with van der Waals surface area (Å²) in [6.45, 7) is 1.02. The lowest BCUT2D eigenvalue weighted by atomic mass is 10.3. The molecule has 0 fully saturated rings. The Balaban J connectivity index is 2.54. The van der Waals surface area contributed by atoms with Crippen molar-refractivity contribution >= 4 is 11.8 Å². The minimum absolute atomic E-state index is 0.962. The number of methoxy groups -OCH3 is 1. The molecule has 0 aliphatic rings. The van der Waals surface area contributed by atoms with Gasteiger partial charge in [-0.25, -0.2) is 0 Å². The van der Waals surface area contributed by atoms with Gasteiger partial charge in [-0.2, -0.15) is 0 Å². The lowest BCUT2D eigenvalue weighted by Gasteiger charge is -2.06. The van der Waals surface area contributed by atoms with Crippen LogP contribution in [0.4, 0.5) is 0 Å². The van der Waals surface area contributed by atoms with Crippen molar-refractivity contribution in [2.24, 2.45) is 0 Å². The zero-order chi connectivity index (χ0) is 9.52. The summed E-state index contributed by atoms with van der Waals surface area (Å²) in [5, 5.41) is 3.11. The van der Waals surface area contributed by atoms with Gasteiger partial charge < -0.3 is 10.1 Å². The van der Waals surface area contributed by atoms with E-state index in [1.165, 1.54) is 4.90 Å². The Labute approximate surface area is 83.7 Å². The molecule has 0 spiro atoms. The van der Waals surface area contributed by atoms with Crippen LogP contribution in [-0.4, -0.2) is 26.5 Å². The molecule has 2 nitrogen and oxygen atoms in total. The predicted molar refractivity (Wildman–Crippen MR) is 57.6 cm³/mol. The Bertz CT molecular complexity index is 252. The van der Waals surface area contributed by atoms with E-state index in [-0.39, 0.29) is 0 Å². The highest BCUT2D eigenvalue weighted by molar-refractivity contribution is 7.99. The molecule has 0 saturated carbocycles. The van der Waals surface area contributed by atoms with E-state index >= 15 is 0 Å². The number of nitrogens with one attached hydrogen (secondary N) is 1. The van der Waals surface area contributed by atoms with Crippen LogP contribution in [0.3, 0.4) is 0 Å². The average Bonchev–Trinajstić information content (AvgIpc) is 2.19. The first kappa shape index (κ1) is 10.4. The van der Waals surface area contributed by atoms with Crippen LogP contribution in [0.5, 0.6) is 5.75 Å². The summed E-state index contributed by atoms with van der Waals surface area (Å²) in [5.74, 6) is 2.03. The molecule has 0 atom stereocenters. The van der Waals surface area contributed by atoms with Crippen molar-refractivity contribution in [1.82, 2.24) is 5.32 Å². The van der Waals surface area contributed by atoms with Gasteiger partial charge in [-0.3, -0.25) is 0 Å². The Morgan fingerprint density at radius 3 is 2.85 bits per heavy atom. The van der Waals surface area contributed by atoms with E-state index in [4.69, 9.17) is 4.74 Å². The molecule has 0 amide bonds. The first-order chi connectivity index (χ1) is 6.38. The van der Waals surface area contributed by atoms with Crippen molar-refractivity contribution in [3.05, 3.63) is 24.3 Å². The van der Waals surface area contributed by atoms with Gasteiger partial charge in [-0.15, -0.1) is 11.8 Å². The molecule has 1 N–H and O–H groups in total. The normalized spacial score (nSPS) is 10.0. The lowest BCUT2D eigenvalue weighted by Crippen LogP contribution is -2.09. The van der Waals surface area contributed by atoms with Crippen LogP contribution in [0.25, 0.3) is 0 Å². The van der Waals surface area contributed by atoms with Gasteiger partial charge in [0.05, 0.1) is 7.11 Å². The van der Waals surface area contributed by atoms with Crippen molar-refractivity contribution < 1.29 is 4.74 Å². The van der Waals surface area contributed by atoms with E-state index < -0.39 is 0 Å². The number of thioether (sulfide) groups is 1. The van der Waals surface area contributed by atoms with Crippen LogP contribution >= 0.6 is 11.8 Å². The minimum atomic E-state index is 0.962. The second-order valence-corrected chi connectivity index (χ2v) is 3.74. The fraction of sp³-hybridized carbons (Fsp3) is 0.400. The third kappa shape index (κ3) is 3.28. The summed E-state index contributed by atoms with van der Waals surface area (Å²) in [7, 11) is 3.67. The molecule has 0 aromatic heterocycles. The second-order valence-electron chi connectivity index (χ2n) is 2.60. The molecule has 0 aliphatic heterocycles. The van der Waals surface area contributed by atoms with Crippen LogP contribution in [0, 0.1) is 0 Å². The largest absolute Gasteiger partial charge is 0.496 e. The Morgan fingerprint density at radius 1 is 1.38 bits per heavy atom. The van der Waals surface area contributed by atoms with Crippen molar-refractivity contribution in [2.75, 3.05) is 26.5 Å². The Morgan fingerprint density at radius 2 is 2.15 bits per heavy atom. The van der Waals surface area contributed by atoms with E-state index in [0.717, 1.165) is 18.0 Å². The Kier molecular flexibility index (Phi) is 4.72. The number of benzene rings is 1. The van der Waals surface area contributed by atoms with E-state index in [0.29, 0.717) is 0 Å². The summed E-state index contributed by atoms with van der Waals surface area (Å²) in [6, 6.07) is 8.09. The van der Waals surface area contributed by atoms with E-state index in [2.05, 4.69) is 11.4 Å². The Hall–Kier alpha value is -0.670. The highest BCUT2D eigenvalue weighted by atomic mass is 32.2. The third-order valence-electron chi connectivity index (χ3n) is 1.68. The predicted octanol–water partition coefficient (Wildman–Crippen LogP) is 2.01. The number of rotatable bonds is 5. The molecule has 72 valence electrons. The van der Waals surface area contributed by atoms with Gasteiger partial charge in [-0.05, 0) is 19.2 Å².